The maximum Gasteiger partial charge on any atom is 0.251 e. The van der Waals surface area contributed by atoms with Gasteiger partial charge in [0.15, 0.2) is 5.78 Å². The Bertz CT molecular complexity index is 690. The number of nitrogens with one attached hydrogen (secondary N) is 1. The second kappa shape index (κ2) is 6.61. The van der Waals surface area contributed by atoms with Crippen LogP contribution in [-0.2, 0) is 0 Å². The summed E-state index contributed by atoms with van der Waals surface area (Å²) in [6, 6.07) is 12.4. The van der Waals surface area contributed by atoms with Gasteiger partial charge in [0, 0.05) is 18.2 Å². The predicted molar refractivity (Wildman–Crippen MR) is 79.6 cm³/mol. The summed E-state index contributed by atoms with van der Waals surface area (Å²) in [6.45, 7) is 0. The fraction of sp³-hybridized carbons (Fsp3) is 0.0588. The summed E-state index contributed by atoms with van der Waals surface area (Å²) >= 11 is 0. The van der Waals surface area contributed by atoms with Crippen molar-refractivity contribution in [1.29, 1.82) is 0 Å². The number of hydrogen-bond donors (Lipinski definition) is 1. The van der Waals surface area contributed by atoms with Crippen molar-refractivity contribution in [1.82, 2.24) is 5.32 Å². The van der Waals surface area contributed by atoms with E-state index < -0.39 is 5.82 Å². The van der Waals surface area contributed by atoms with Gasteiger partial charge in [0.25, 0.3) is 5.91 Å². The topological polar surface area (TPSA) is 46.2 Å². The molecule has 2 aromatic rings. The molecule has 2 rings (SSSR count). The molecule has 0 unspecified atom stereocenters. The number of halogens is 1. The molecule has 1 amide bonds. The van der Waals surface area contributed by atoms with Crippen LogP contribution in [-0.4, -0.2) is 18.7 Å². The van der Waals surface area contributed by atoms with Gasteiger partial charge in [-0.05, 0) is 35.9 Å². The lowest BCUT2D eigenvalue weighted by molar-refractivity contribution is 0.0962. The smallest absolute Gasteiger partial charge is 0.251 e. The SMILES string of the molecule is CNC(=O)c1ccc(C=CC(=O)c2cccc(F)c2)cc1. The van der Waals surface area contributed by atoms with Crippen LogP contribution in [0.15, 0.2) is 54.6 Å². The van der Waals surface area contributed by atoms with Gasteiger partial charge < -0.3 is 5.32 Å². The highest BCUT2D eigenvalue weighted by Gasteiger charge is 2.03. The zero-order valence-corrected chi connectivity index (χ0v) is 11.5. The van der Waals surface area contributed by atoms with Gasteiger partial charge in [-0.25, -0.2) is 4.39 Å². The molecule has 0 aliphatic carbocycles. The molecule has 3 nitrogen and oxygen atoms in total. The third-order valence-electron chi connectivity index (χ3n) is 2.94. The molecule has 1 N–H and O–H groups in total. The second-order valence-corrected chi connectivity index (χ2v) is 4.41. The minimum atomic E-state index is -0.441. The number of benzene rings is 2. The predicted octanol–water partition coefficient (Wildman–Crippen LogP) is 3.08. The number of hydrogen-bond acceptors (Lipinski definition) is 2. The van der Waals surface area contributed by atoms with E-state index in [1.54, 1.807) is 43.5 Å². The summed E-state index contributed by atoms with van der Waals surface area (Å²) < 4.78 is 13.0. The monoisotopic (exact) mass is 283 g/mol. The number of allylic oxidation sites excluding steroid dienone is 1. The molecule has 0 spiro atoms. The highest BCUT2D eigenvalue weighted by Crippen LogP contribution is 2.09. The standard InChI is InChI=1S/C17H14FNO2/c1-19-17(21)13-8-5-12(6-9-13)7-10-16(20)14-3-2-4-15(18)11-14/h2-11H,1H3,(H,19,21). The third-order valence-corrected chi connectivity index (χ3v) is 2.94. The van der Waals surface area contributed by atoms with E-state index in [0.29, 0.717) is 11.1 Å². The van der Waals surface area contributed by atoms with E-state index in [2.05, 4.69) is 5.32 Å². The van der Waals surface area contributed by atoms with E-state index in [9.17, 15) is 14.0 Å². The van der Waals surface area contributed by atoms with Crippen molar-refractivity contribution in [2.75, 3.05) is 7.05 Å². The molecule has 2 aromatic carbocycles. The zero-order valence-electron chi connectivity index (χ0n) is 11.5. The van der Waals surface area contributed by atoms with Crippen molar-refractivity contribution in [2.24, 2.45) is 0 Å². The van der Waals surface area contributed by atoms with Crippen LogP contribution >= 0.6 is 0 Å². The number of carbonyl (C=O) groups is 2. The molecule has 4 heteroatoms. The minimum absolute atomic E-state index is 0.165. The van der Waals surface area contributed by atoms with Gasteiger partial charge in [0.1, 0.15) is 5.82 Å². The van der Waals surface area contributed by atoms with Crippen LogP contribution in [0, 0.1) is 5.82 Å². The number of amides is 1. The summed E-state index contributed by atoms with van der Waals surface area (Å²) in [7, 11) is 1.56. The first-order valence-electron chi connectivity index (χ1n) is 6.40. The number of rotatable bonds is 4. The molecule has 0 radical (unpaired) electrons. The number of carbonyl (C=O) groups excluding carboxylic acids is 2. The van der Waals surface area contributed by atoms with Crippen LogP contribution in [0.2, 0.25) is 0 Å². The van der Waals surface area contributed by atoms with E-state index >= 15 is 0 Å². The summed E-state index contributed by atoms with van der Waals surface area (Å²) in [5.41, 5.74) is 1.63. The highest BCUT2D eigenvalue weighted by molar-refractivity contribution is 6.06. The van der Waals surface area contributed by atoms with Crippen molar-refractivity contribution in [3.63, 3.8) is 0 Å². The Morgan fingerprint density at radius 1 is 1.05 bits per heavy atom. The molecule has 21 heavy (non-hydrogen) atoms. The summed E-state index contributed by atoms with van der Waals surface area (Å²) in [4.78, 5) is 23.3. The Hall–Kier alpha value is -2.75. The van der Waals surface area contributed by atoms with Crippen molar-refractivity contribution in [3.8, 4) is 0 Å². The molecular formula is C17H14FNO2. The van der Waals surface area contributed by atoms with Gasteiger partial charge in [-0.15, -0.1) is 0 Å². The highest BCUT2D eigenvalue weighted by atomic mass is 19.1. The molecule has 0 aliphatic rings. The van der Waals surface area contributed by atoms with Crippen molar-refractivity contribution >= 4 is 17.8 Å². The van der Waals surface area contributed by atoms with Crippen LogP contribution in [0.1, 0.15) is 26.3 Å². The van der Waals surface area contributed by atoms with Crippen LogP contribution in [0.5, 0.6) is 0 Å². The lowest BCUT2D eigenvalue weighted by atomic mass is 10.1. The summed E-state index contributed by atoms with van der Waals surface area (Å²) in [5, 5.41) is 2.53. The third kappa shape index (κ3) is 3.86. The van der Waals surface area contributed by atoms with Crippen LogP contribution in [0.4, 0.5) is 4.39 Å². The fourth-order valence-electron chi connectivity index (χ4n) is 1.80. The van der Waals surface area contributed by atoms with E-state index in [1.807, 2.05) is 0 Å². The molecule has 0 aliphatic heterocycles. The summed E-state index contributed by atoms with van der Waals surface area (Å²) in [5.74, 6) is -0.879. The molecule has 0 aromatic heterocycles. The molecule has 106 valence electrons. The van der Waals surface area contributed by atoms with Crippen LogP contribution in [0.25, 0.3) is 6.08 Å². The minimum Gasteiger partial charge on any atom is -0.355 e. The van der Waals surface area contributed by atoms with Gasteiger partial charge in [-0.2, -0.15) is 0 Å². The van der Waals surface area contributed by atoms with E-state index in [1.165, 1.54) is 24.3 Å². The van der Waals surface area contributed by atoms with Gasteiger partial charge in [-0.3, -0.25) is 9.59 Å². The quantitative estimate of drug-likeness (QED) is 0.692. The van der Waals surface area contributed by atoms with Crippen molar-refractivity contribution in [2.45, 2.75) is 0 Å². The van der Waals surface area contributed by atoms with Gasteiger partial charge in [0.2, 0.25) is 0 Å². The first kappa shape index (κ1) is 14.7. The Balaban J connectivity index is 2.10. The molecular weight excluding hydrogens is 269 g/mol. The first-order chi connectivity index (χ1) is 10.1. The molecule has 0 atom stereocenters. The fourth-order valence-corrected chi connectivity index (χ4v) is 1.80. The lowest BCUT2D eigenvalue weighted by Gasteiger charge is -2.00. The average molecular weight is 283 g/mol. The molecule has 0 heterocycles. The van der Waals surface area contributed by atoms with Gasteiger partial charge in [0.05, 0.1) is 0 Å². The van der Waals surface area contributed by atoms with E-state index in [4.69, 9.17) is 0 Å². The molecule has 0 saturated heterocycles. The normalized spacial score (nSPS) is 10.6. The average Bonchev–Trinajstić information content (AvgIpc) is 2.52. The second-order valence-electron chi connectivity index (χ2n) is 4.41. The lowest BCUT2D eigenvalue weighted by Crippen LogP contribution is -2.17. The Morgan fingerprint density at radius 3 is 2.38 bits per heavy atom. The Morgan fingerprint density at radius 2 is 1.76 bits per heavy atom. The maximum atomic E-state index is 13.0. The molecule has 0 bridgehead atoms. The van der Waals surface area contributed by atoms with Crippen LogP contribution < -0.4 is 5.32 Å². The van der Waals surface area contributed by atoms with E-state index in [0.717, 1.165) is 5.56 Å². The molecule has 0 fully saturated rings. The van der Waals surface area contributed by atoms with Crippen molar-refractivity contribution in [3.05, 3.63) is 77.1 Å². The van der Waals surface area contributed by atoms with E-state index in [-0.39, 0.29) is 11.7 Å². The Labute approximate surface area is 122 Å². The first-order valence-corrected chi connectivity index (χ1v) is 6.40. The zero-order chi connectivity index (χ0) is 15.2. The van der Waals surface area contributed by atoms with Crippen LogP contribution in [0.3, 0.4) is 0 Å². The van der Waals surface area contributed by atoms with Crippen molar-refractivity contribution < 1.29 is 14.0 Å². The molecule has 0 saturated carbocycles. The largest absolute Gasteiger partial charge is 0.355 e. The van der Waals surface area contributed by atoms with Gasteiger partial charge in [-0.1, -0.05) is 30.3 Å². The maximum absolute atomic E-state index is 13.0. The Kier molecular flexibility index (Phi) is 4.61. The summed E-state index contributed by atoms with van der Waals surface area (Å²) in [6.07, 6.45) is 3.00. The number of ketones is 1. The van der Waals surface area contributed by atoms with Gasteiger partial charge >= 0.3 is 0 Å².